The zero-order valence-corrected chi connectivity index (χ0v) is 14.0. The van der Waals surface area contributed by atoms with Crippen LogP contribution in [0.25, 0.3) is 10.9 Å². The van der Waals surface area contributed by atoms with Gasteiger partial charge in [0.15, 0.2) is 5.78 Å². The first kappa shape index (κ1) is 14.9. The Morgan fingerprint density at radius 1 is 0.962 bits per heavy atom. The van der Waals surface area contributed by atoms with Crippen molar-refractivity contribution in [2.75, 3.05) is 0 Å². The van der Waals surface area contributed by atoms with Crippen LogP contribution in [0.15, 0.2) is 84.0 Å². The number of Topliss-reactive ketones (excluding diaryl/α,β-unsaturated/α-hetero) is 1. The first-order valence-electron chi connectivity index (χ1n) is 8.68. The third kappa shape index (κ3) is 2.30. The summed E-state index contributed by atoms with van der Waals surface area (Å²) in [4.78, 5) is 21.5. The van der Waals surface area contributed by atoms with E-state index in [2.05, 4.69) is 17.1 Å². The summed E-state index contributed by atoms with van der Waals surface area (Å²) in [5, 5.41) is 1.13. The van der Waals surface area contributed by atoms with Crippen molar-refractivity contribution in [3.8, 4) is 0 Å². The molecule has 0 unspecified atom stereocenters. The van der Waals surface area contributed by atoms with Gasteiger partial charge in [0, 0.05) is 29.2 Å². The highest BCUT2D eigenvalue weighted by Gasteiger charge is 2.35. The van der Waals surface area contributed by atoms with Crippen LogP contribution in [0, 0.1) is 0 Å². The van der Waals surface area contributed by atoms with Crippen molar-refractivity contribution < 1.29 is 4.79 Å². The Kier molecular flexibility index (Phi) is 3.35. The summed E-state index contributed by atoms with van der Waals surface area (Å²) in [7, 11) is 0. The number of aromatic nitrogens is 2. The summed E-state index contributed by atoms with van der Waals surface area (Å²) >= 11 is 0. The van der Waals surface area contributed by atoms with Gasteiger partial charge in [-0.2, -0.15) is 0 Å². The predicted octanol–water partition coefficient (Wildman–Crippen LogP) is 4.57. The fourth-order valence-corrected chi connectivity index (χ4v) is 3.71. The smallest absolute Gasteiger partial charge is 0.188 e. The van der Waals surface area contributed by atoms with E-state index in [1.807, 2.05) is 77.6 Å². The van der Waals surface area contributed by atoms with Gasteiger partial charge in [-0.3, -0.25) is 9.79 Å². The van der Waals surface area contributed by atoms with Crippen molar-refractivity contribution in [3.05, 3.63) is 95.9 Å². The van der Waals surface area contributed by atoms with Gasteiger partial charge < -0.3 is 9.55 Å². The lowest BCUT2D eigenvalue weighted by Crippen LogP contribution is -2.29. The van der Waals surface area contributed by atoms with Crippen LogP contribution >= 0.6 is 0 Å². The Labute approximate surface area is 150 Å². The number of rotatable bonds is 3. The molecule has 0 bridgehead atoms. The molecule has 2 aromatic carbocycles. The molecular formula is C22H17N3O. The number of H-pyrrole nitrogens is 1. The second-order valence-corrected chi connectivity index (χ2v) is 6.55. The molecule has 0 saturated carbocycles. The molecule has 0 radical (unpaired) electrons. The van der Waals surface area contributed by atoms with Gasteiger partial charge in [-0.25, -0.2) is 0 Å². The van der Waals surface area contributed by atoms with E-state index in [4.69, 9.17) is 4.99 Å². The number of ketones is 1. The largest absolute Gasteiger partial charge is 0.357 e. The van der Waals surface area contributed by atoms with Crippen molar-refractivity contribution >= 4 is 22.9 Å². The van der Waals surface area contributed by atoms with E-state index in [0.717, 1.165) is 22.3 Å². The number of para-hydroxylation sites is 1. The number of aliphatic imine (C=N–C) groups is 1. The average Bonchev–Trinajstić information content (AvgIpc) is 3.33. The second kappa shape index (κ2) is 5.85. The molecule has 0 saturated heterocycles. The molecule has 2 aromatic heterocycles. The van der Waals surface area contributed by atoms with Gasteiger partial charge in [0.1, 0.15) is 12.1 Å². The third-order valence-electron chi connectivity index (χ3n) is 4.97. The van der Waals surface area contributed by atoms with Gasteiger partial charge in [-0.15, -0.1) is 0 Å². The van der Waals surface area contributed by atoms with Crippen LogP contribution in [-0.4, -0.2) is 21.5 Å². The average molecular weight is 339 g/mol. The fraction of sp³-hybridized carbons (Fsp3) is 0.0909. The monoisotopic (exact) mass is 339 g/mol. The summed E-state index contributed by atoms with van der Waals surface area (Å²) in [6.07, 6.45) is 3.81. The van der Waals surface area contributed by atoms with Crippen LogP contribution in [0.2, 0.25) is 0 Å². The Balaban J connectivity index is 1.64. The van der Waals surface area contributed by atoms with Crippen LogP contribution in [0.1, 0.15) is 33.8 Å². The summed E-state index contributed by atoms with van der Waals surface area (Å²) in [6, 6.07) is 22.9. The second-order valence-electron chi connectivity index (χ2n) is 6.55. The summed E-state index contributed by atoms with van der Waals surface area (Å²) in [5.41, 5.74) is 3.67. The van der Waals surface area contributed by atoms with Gasteiger partial charge in [0.05, 0.1) is 5.69 Å². The molecule has 4 heteroatoms. The predicted molar refractivity (Wildman–Crippen MR) is 103 cm³/mol. The molecule has 0 spiro atoms. The Bertz CT molecular complexity index is 1090. The van der Waals surface area contributed by atoms with E-state index < -0.39 is 6.04 Å². The van der Waals surface area contributed by atoms with Gasteiger partial charge in [0.25, 0.3) is 0 Å². The number of carbonyl (C=O) groups excluding carboxylic acids is 1. The van der Waals surface area contributed by atoms with Crippen LogP contribution in [0.4, 0.5) is 0 Å². The molecular weight excluding hydrogens is 322 g/mol. The molecule has 3 heterocycles. The molecule has 4 aromatic rings. The minimum absolute atomic E-state index is 0.0727. The maximum absolute atomic E-state index is 13.4. The molecule has 5 rings (SSSR count). The quantitative estimate of drug-likeness (QED) is 0.546. The SMILES string of the molecule is O=C(c1ccccc1)[C@@H]1[C@@H](c2cc3ccccc3[nH]2)N=Cc2cccn21. The van der Waals surface area contributed by atoms with Crippen molar-refractivity contribution in [1.82, 2.24) is 9.55 Å². The first-order valence-corrected chi connectivity index (χ1v) is 8.68. The summed E-state index contributed by atoms with van der Waals surface area (Å²) in [5.74, 6) is 0.0727. The van der Waals surface area contributed by atoms with E-state index in [-0.39, 0.29) is 11.8 Å². The fourth-order valence-electron chi connectivity index (χ4n) is 3.71. The molecule has 1 aliphatic heterocycles. The van der Waals surface area contributed by atoms with E-state index in [9.17, 15) is 4.79 Å². The zero-order valence-electron chi connectivity index (χ0n) is 14.0. The number of carbonyl (C=O) groups is 1. The molecule has 0 fully saturated rings. The lowest BCUT2D eigenvalue weighted by atomic mass is 9.94. The molecule has 126 valence electrons. The van der Waals surface area contributed by atoms with Gasteiger partial charge in [-0.05, 0) is 29.7 Å². The Hall–Kier alpha value is -3.40. The lowest BCUT2D eigenvalue weighted by molar-refractivity contribution is 0.0904. The molecule has 26 heavy (non-hydrogen) atoms. The minimum atomic E-state index is -0.402. The van der Waals surface area contributed by atoms with Crippen molar-refractivity contribution in [3.63, 3.8) is 0 Å². The van der Waals surface area contributed by atoms with Crippen LogP contribution < -0.4 is 0 Å². The number of benzene rings is 2. The maximum Gasteiger partial charge on any atom is 0.188 e. The Morgan fingerprint density at radius 2 is 1.77 bits per heavy atom. The van der Waals surface area contributed by atoms with E-state index in [1.54, 1.807) is 0 Å². The highest BCUT2D eigenvalue weighted by atomic mass is 16.1. The lowest BCUT2D eigenvalue weighted by Gasteiger charge is -2.28. The Morgan fingerprint density at radius 3 is 2.62 bits per heavy atom. The number of aromatic amines is 1. The third-order valence-corrected chi connectivity index (χ3v) is 4.97. The van der Waals surface area contributed by atoms with Crippen LogP contribution in [0.3, 0.4) is 0 Å². The number of nitrogens with one attached hydrogen (secondary N) is 1. The van der Waals surface area contributed by atoms with E-state index in [1.165, 1.54) is 0 Å². The van der Waals surface area contributed by atoms with E-state index >= 15 is 0 Å². The topological polar surface area (TPSA) is 50.1 Å². The maximum atomic E-state index is 13.4. The summed E-state index contributed by atoms with van der Waals surface area (Å²) in [6.45, 7) is 0. The van der Waals surface area contributed by atoms with Crippen molar-refractivity contribution in [1.29, 1.82) is 0 Å². The van der Waals surface area contributed by atoms with Crippen LogP contribution in [-0.2, 0) is 0 Å². The van der Waals surface area contributed by atoms with E-state index in [0.29, 0.717) is 5.56 Å². The number of hydrogen-bond acceptors (Lipinski definition) is 2. The summed E-state index contributed by atoms with van der Waals surface area (Å²) < 4.78 is 2.03. The zero-order chi connectivity index (χ0) is 17.5. The molecule has 0 amide bonds. The van der Waals surface area contributed by atoms with Gasteiger partial charge in [-0.1, -0.05) is 48.5 Å². The van der Waals surface area contributed by atoms with Gasteiger partial charge in [0.2, 0.25) is 0 Å². The van der Waals surface area contributed by atoms with Crippen molar-refractivity contribution in [2.45, 2.75) is 12.1 Å². The number of nitrogens with zero attached hydrogens (tertiary/aromatic N) is 2. The van der Waals surface area contributed by atoms with Crippen LogP contribution in [0.5, 0.6) is 0 Å². The molecule has 1 aliphatic rings. The first-order chi connectivity index (χ1) is 12.8. The standard InChI is InChI=1S/C22H17N3O/c26-22(15-7-2-1-3-8-15)21-20(23-14-17-10-6-12-25(17)21)19-13-16-9-4-5-11-18(16)24-19/h1-14,20-21,24H/t20-,21+/m1/s1. The highest BCUT2D eigenvalue weighted by Crippen LogP contribution is 2.37. The molecule has 2 atom stereocenters. The molecule has 1 N–H and O–H groups in total. The normalized spacial score (nSPS) is 18.8. The number of hydrogen-bond donors (Lipinski definition) is 1. The number of fused-ring (bicyclic) bond motifs is 2. The highest BCUT2D eigenvalue weighted by molar-refractivity contribution is 6.01. The molecule has 0 aliphatic carbocycles. The molecule has 4 nitrogen and oxygen atoms in total. The van der Waals surface area contributed by atoms with Crippen molar-refractivity contribution in [2.24, 2.45) is 4.99 Å². The minimum Gasteiger partial charge on any atom is -0.357 e. The van der Waals surface area contributed by atoms with Gasteiger partial charge >= 0.3 is 0 Å².